The summed E-state index contributed by atoms with van der Waals surface area (Å²) < 4.78 is 16.5. The highest BCUT2D eigenvalue weighted by molar-refractivity contribution is 5.91. The van der Waals surface area contributed by atoms with Gasteiger partial charge in [0.05, 0.1) is 7.11 Å². The van der Waals surface area contributed by atoms with Crippen molar-refractivity contribution in [3.8, 4) is 11.5 Å². The average Bonchev–Trinajstić information content (AvgIpc) is 3.07. The van der Waals surface area contributed by atoms with Gasteiger partial charge in [0, 0.05) is 6.04 Å². The number of methoxy groups -OCH3 is 1. The second kappa shape index (κ2) is 9.16. The second-order valence-electron chi connectivity index (χ2n) is 6.55. The molecule has 0 fully saturated rings. The van der Waals surface area contributed by atoms with Crippen LogP contribution in [0.5, 0.6) is 11.5 Å². The molecule has 1 aromatic carbocycles. The number of hydrogen-bond acceptors (Lipinski definition) is 4. The molecule has 2 rings (SSSR count). The van der Waals surface area contributed by atoms with E-state index in [4.69, 9.17) is 13.9 Å². The van der Waals surface area contributed by atoms with Crippen molar-refractivity contribution < 1.29 is 18.7 Å². The first-order valence-electron chi connectivity index (χ1n) is 8.65. The number of carbonyl (C=O) groups excluding carboxylic acids is 1. The number of amides is 1. The number of ether oxygens (including phenoxy) is 2. The zero-order valence-electron chi connectivity index (χ0n) is 15.4. The lowest BCUT2D eigenvalue weighted by molar-refractivity contribution is 0.0905. The van der Waals surface area contributed by atoms with Crippen LogP contribution in [-0.4, -0.2) is 19.1 Å². The summed E-state index contributed by atoms with van der Waals surface area (Å²) in [5.41, 5.74) is 0. The van der Waals surface area contributed by atoms with Gasteiger partial charge in [0.25, 0.3) is 5.91 Å². The monoisotopic (exact) mass is 345 g/mol. The normalized spacial score (nSPS) is 12.0. The molecule has 0 bridgehead atoms. The van der Waals surface area contributed by atoms with E-state index < -0.39 is 0 Å². The summed E-state index contributed by atoms with van der Waals surface area (Å²) >= 11 is 0. The molecule has 0 aliphatic rings. The number of rotatable bonds is 9. The van der Waals surface area contributed by atoms with Crippen molar-refractivity contribution in [2.45, 2.75) is 46.3 Å². The Bertz CT molecular complexity index is 678. The Hall–Kier alpha value is -2.43. The number of para-hydroxylation sites is 2. The van der Waals surface area contributed by atoms with Gasteiger partial charge in [0.1, 0.15) is 12.4 Å². The quantitative estimate of drug-likeness (QED) is 0.731. The molecular formula is C20H27NO4. The maximum Gasteiger partial charge on any atom is 0.287 e. The summed E-state index contributed by atoms with van der Waals surface area (Å²) in [4.78, 5) is 12.2. The molecule has 1 heterocycles. The summed E-state index contributed by atoms with van der Waals surface area (Å²) in [5.74, 6) is 2.61. The first-order valence-corrected chi connectivity index (χ1v) is 8.65. The molecule has 5 nitrogen and oxygen atoms in total. The van der Waals surface area contributed by atoms with Gasteiger partial charge in [-0.3, -0.25) is 4.79 Å². The highest BCUT2D eigenvalue weighted by atomic mass is 16.5. The molecule has 136 valence electrons. The topological polar surface area (TPSA) is 60.7 Å². The molecule has 0 radical (unpaired) electrons. The summed E-state index contributed by atoms with van der Waals surface area (Å²) in [7, 11) is 1.60. The number of hydrogen-bond donors (Lipinski definition) is 1. The Morgan fingerprint density at radius 1 is 1.08 bits per heavy atom. The fourth-order valence-electron chi connectivity index (χ4n) is 2.41. The molecule has 0 saturated carbocycles. The number of nitrogens with one attached hydrogen (secondary N) is 1. The first kappa shape index (κ1) is 18.9. The molecule has 0 unspecified atom stereocenters. The molecule has 2 aromatic rings. The van der Waals surface area contributed by atoms with E-state index >= 15 is 0 Å². The predicted octanol–water partition coefficient (Wildman–Crippen LogP) is 4.42. The smallest absolute Gasteiger partial charge is 0.287 e. The van der Waals surface area contributed by atoms with Crippen LogP contribution in [0.4, 0.5) is 0 Å². The van der Waals surface area contributed by atoms with E-state index in [1.54, 1.807) is 19.2 Å². The van der Waals surface area contributed by atoms with Crippen molar-refractivity contribution in [1.82, 2.24) is 5.32 Å². The summed E-state index contributed by atoms with van der Waals surface area (Å²) in [6.07, 6.45) is 2.03. The molecule has 1 N–H and O–H groups in total. The van der Waals surface area contributed by atoms with Crippen molar-refractivity contribution in [1.29, 1.82) is 0 Å². The Balaban J connectivity index is 1.88. The van der Waals surface area contributed by atoms with E-state index in [0.717, 1.165) is 12.8 Å². The lowest BCUT2D eigenvalue weighted by Crippen LogP contribution is -2.32. The minimum atomic E-state index is -0.195. The number of furan rings is 1. The Kier molecular flexibility index (Phi) is 6.92. The largest absolute Gasteiger partial charge is 0.493 e. The number of carbonyl (C=O) groups is 1. The molecule has 0 aliphatic carbocycles. The van der Waals surface area contributed by atoms with Crippen LogP contribution in [0, 0.1) is 5.92 Å². The maximum absolute atomic E-state index is 12.2. The lowest BCUT2D eigenvalue weighted by atomic mass is 10.0. The summed E-state index contributed by atoms with van der Waals surface area (Å²) in [5, 5.41) is 2.96. The third-order valence-electron chi connectivity index (χ3n) is 3.88. The van der Waals surface area contributed by atoms with Crippen LogP contribution < -0.4 is 14.8 Å². The molecule has 1 aromatic heterocycles. The molecule has 0 spiro atoms. The van der Waals surface area contributed by atoms with E-state index in [2.05, 4.69) is 19.2 Å². The van der Waals surface area contributed by atoms with Crippen LogP contribution in [0.25, 0.3) is 0 Å². The third kappa shape index (κ3) is 5.85. The van der Waals surface area contributed by atoms with Gasteiger partial charge < -0.3 is 19.2 Å². The molecule has 5 heteroatoms. The molecule has 25 heavy (non-hydrogen) atoms. The zero-order valence-corrected chi connectivity index (χ0v) is 15.4. The first-order chi connectivity index (χ1) is 12.0. The zero-order chi connectivity index (χ0) is 18.2. The molecule has 1 amide bonds. The van der Waals surface area contributed by atoms with Gasteiger partial charge >= 0.3 is 0 Å². The van der Waals surface area contributed by atoms with Crippen LogP contribution in [0.2, 0.25) is 0 Å². The fourth-order valence-corrected chi connectivity index (χ4v) is 2.41. The van der Waals surface area contributed by atoms with E-state index in [0.29, 0.717) is 28.9 Å². The van der Waals surface area contributed by atoms with E-state index in [1.165, 1.54) is 0 Å². The van der Waals surface area contributed by atoms with Crippen LogP contribution in [0.15, 0.2) is 40.8 Å². The van der Waals surface area contributed by atoms with Crippen LogP contribution in [0.3, 0.4) is 0 Å². The van der Waals surface area contributed by atoms with Gasteiger partial charge in [-0.2, -0.15) is 0 Å². The van der Waals surface area contributed by atoms with Gasteiger partial charge in [0.15, 0.2) is 17.3 Å². The van der Waals surface area contributed by atoms with Crippen LogP contribution in [-0.2, 0) is 6.61 Å². The molecule has 0 saturated heterocycles. The van der Waals surface area contributed by atoms with Gasteiger partial charge in [-0.15, -0.1) is 0 Å². The Morgan fingerprint density at radius 2 is 1.80 bits per heavy atom. The lowest BCUT2D eigenvalue weighted by Gasteiger charge is -2.14. The highest BCUT2D eigenvalue weighted by Gasteiger charge is 2.15. The van der Waals surface area contributed by atoms with E-state index in [9.17, 15) is 4.79 Å². The van der Waals surface area contributed by atoms with Crippen molar-refractivity contribution in [3.05, 3.63) is 47.9 Å². The summed E-state index contributed by atoms with van der Waals surface area (Å²) in [6, 6.07) is 10.9. The standard InChI is InChI=1S/C20H27NO4/c1-14(2)9-10-15(3)21-20(22)19-12-11-16(25-19)13-24-18-8-6-5-7-17(18)23-4/h5-8,11-12,14-15H,9-10,13H2,1-4H3,(H,21,22)/t15-/m1/s1. The van der Waals surface area contributed by atoms with Gasteiger partial charge in [-0.1, -0.05) is 26.0 Å². The van der Waals surface area contributed by atoms with Crippen LogP contribution >= 0.6 is 0 Å². The Morgan fingerprint density at radius 3 is 2.48 bits per heavy atom. The van der Waals surface area contributed by atoms with Gasteiger partial charge in [-0.05, 0) is 49.9 Å². The average molecular weight is 345 g/mol. The SMILES string of the molecule is COc1ccccc1OCc1ccc(C(=O)N[C@H](C)CCC(C)C)o1. The maximum atomic E-state index is 12.2. The fraction of sp³-hybridized carbons (Fsp3) is 0.450. The number of benzene rings is 1. The molecular weight excluding hydrogens is 318 g/mol. The summed E-state index contributed by atoms with van der Waals surface area (Å²) in [6.45, 7) is 6.59. The van der Waals surface area contributed by atoms with E-state index in [-0.39, 0.29) is 18.6 Å². The van der Waals surface area contributed by atoms with Crippen molar-refractivity contribution in [3.63, 3.8) is 0 Å². The van der Waals surface area contributed by atoms with Crippen molar-refractivity contribution in [2.75, 3.05) is 7.11 Å². The van der Waals surface area contributed by atoms with Crippen molar-refractivity contribution >= 4 is 5.91 Å². The van der Waals surface area contributed by atoms with Crippen molar-refractivity contribution in [2.24, 2.45) is 5.92 Å². The van der Waals surface area contributed by atoms with Crippen LogP contribution in [0.1, 0.15) is 49.9 Å². The minimum absolute atomic E-state index is 0.119. The molecule has 1 atom stereocenters. The van der Waals surface area contributed by atoms with E-state index in [1.807, 2.05) is 31.2 Å². The van der Waals surface area contributed by atoms with Gasteiger partial charge in [-0.25, -0.2) is 0 Å². The highest BCUT2D eigenvalue weighted by Crippen LogP contribution is 2.26. The predicted molar refractivity (Wildman–Crippen MR) is 97.0 cm³/mol. The van der Waals surface area contributed by atoms with Gasteiger partial charge in [0.2, 0.25) is 0 Å². The third-order valence-corrected chi connectivity index (χ3v) is 3.88. The minimum Gasteiger partial charge on any atom is -0.493 e. The molecule has 0 aliphatic heterocycles. The second-order valence-corrected chi connectivity index (χ2v) is 6.55. The Labute approximate surface area is 149 Å².